The van der Waals surface area contributed by atoms with Crippen LogP contribution in [-0.2, 0) is 15.8 Å². The fourth-order valence-corrected chi connectivity index (χ4v) is 3.68. The van der Waals surface area contributed by atoms with Crippen molar-refractivity contribution in [1.29, 1.82) is 0 Å². The molecule has 1 aliphatic heterocycles. The number of imide groups is 1. The zero-order valence-corrected chi connectivity index (χ0v) is 17.5. The normalized spacial score (nSPS) is 14.3. The molecule has 1 heterocycles. The van der Waals surface area contributed by atoms with Gasteiger partial charge in [-0.25, -0.2) is 4.90 Å². The molecule has 4 nitrogen and oxygen atoms in total. The lowest BCUT2D eigenvalue weighted by Crippen LogP contribution is -2.32. The van der Waals surface area contributed by atoms with Crippen LogP contribution in [0.1, 0.15) is 16.7 Å². The molecule has 8 heteroatoms. The van der Waals surface area contributed by atoms with E-state index in [0.717, 1.165) is 34.7 Å². The Morgan fingerprint density at radius 1 is 0.875 bits per heavy atom. The molecule has 0 saturated carbocycles. The predicted molar refractivity (Wildman–Crippen MR) is 117 cm³/mol. The Bertz CT molecular complexity index is 1240. The molecule has 0 atom stereocenters. The van der Waals surface area contributed by atoms with E-state index >= 15 is 0 Å². The molecule has 162 valence electrons. The van der Waals surface area contributed by atoms with Crippen LogP contribution in [0.25, 0.3) is 5.57 Å². The van der Waals surface area contributed by atoms with Gasteiger partial charge in [-0.1, -0.05) is 41.9 Å². The molecule has 0 bridgehead atoms. The molecule has 0 fully saturated rings. The summed E-state index contributed by atoms with van der Waals surface area (Å²) < 4.78 is 38.8. The van der Waals surface area contributed by atoms with Gasteiger partial charge >= 0.3 is 6.18 Å². The van der Waals surface area contributed by atoms with E-state index in [9.17, 15) is 22.8 Å². The molecule has 32 heavy (non-hydrogen) atoms. The lowest BCUT2D eigenvalue weighted by molar-refractivity contribution is -0.137. The molecule has 1 N–H and O–H groups in total. The van der Waals surface area contributed by atoms with Crippen LogP contribution in [0.5, 0.6) is 0 Å². The number of amides is 2. The summed E-state index contributed by atoms with van der Waals surface area (Å²) in [5, 5.41) is 3.55. The molecule has 2 amide bonds. The van der Waals surface area contributed by atoms with Crippen LogP contribution in [0.3, 0.4) is 0 Å². The maximum atomic E-state index is 13.3. The Morgan fingerprint density at radius 3 is 2.12 bits per heavy atom. The maximum absolute atomic E-state index is 13.3. The number of carbonyl (C=O) groups excluding carboxylic acids is 2. The third kappa shape index (κ3) is 3.99. The van der Waals surface area contributed by atoms with Crippen LogP contribution < -0.4 is 10.2 Å². The van der Waals surface area contributed by atoms with E-state index in [1.807, 2.05) is 0 Å². The Morgan fingerprint density at radius 2 is 1.53 bits per heavy atom. The van der Waals surface area contributed by atoms with Gasteiger partial charge in [-0.3, -0.25) is 9.59 Å². The Kier molecular flexibility index (Phi) is 5.52. The van der Waals surface area contributed by atoms with Crippen LogP contribution in [0, 0.1) is 6.92 Å². The summed E-state index contributed by atoms with van der Waals surface area (Å²) in [4.78, 5) is 27.5. The lowest BCUT2D eigenvalue weighted by atomic mass is 10.0. The molecular formula is C24H16ClF3N2O2. The van der Waals surface area contributed by atoms with Gasteiger partial charge in [0.25, 0.3) is 11.8 Å². The average Bonchev–Trinajstić information content (AvgIpc) is 2.99. The number of aryl methyl sites for hydroxylation is 1. The highest BCUT2D eigenvalue weighted by atomic mass is 35.5. The highest BCUT2D eigenvalue weighted by Gasteiger charge is 2.40. The number of nitrogens with one attached hydrogen (secondary N) is 1. The van der Waals surface area contributed by atoms with E-state index in [1.54, 1.807) is 55.5 Å². The molecule has 0 spiro atoms. The highest BCUT2D eigenvalue weighted by Crippen LogP contribution is 2.36. The number of carbonyl (C=O) groups is 2. The van der Waals surface area contributed by atoms with Gasteiger partial charge < -0.3 is 5.32 Å². The maximum Gasteiger partial charge on any atom is 0.416 e. The summed E-state index contributed by atoms with van der Waals surface area (Å²) in [6, 6.07) is 17.5. The van der Waals surface area contributed by atoms with Gasteiger partial charge in [-0.05, 0) is 60.5 Å². The molecule has 3 aromatic carbocycles. The quantitative estimate of drug-likeness (QED) is 0.485. The Hall–Kier alpha value is -3.58. The summed E-state index contributed by atoms with van der Waals surface area (Å²) in [6.45, 7) is 1.80. The number of hydrogen-bond donors (Lipinski definition) is 1. The largest absolute Gasteiger partial charge is 0.416 e. The van der Waals surface area contributed by atoms with Crippen molar-refractivity contribution >= 4 is 40.4 Å². The van der Waals surface area contributed by atoms with Crippen molar-refractivity contribution < 1.29 is 22.8 Å². The molecule has 1 aliphatic rings. The zero-order chi connectivity index (χ0) is 23.0. The van der Waals surface area contributed by atoms with Crippen LogP contribution in [0.15, 0.2) is 78.5 Å². The highest BCUT2D eigenvalue weighted by molar-refractivity contribution is 6.46. The van der Waals surface area contributed by atoms with Gasteiger partial charge in [0, 0.05) is 10.7 Å². The summed E-state index contributed by atoms with van der Waals surface area (Å²) >= 11 is 6.01. The number of benzene rings is 3. The van der Waals surface area contributed by atoms with E-state index in [2.05, 4.69) is 5.32 Å². The lowest BCUT2D eigenvalue weighted by Gasteiger charge is -2.17. The Labute approximate surface area is 186 Å². The number of rotatable bonds is 4. The first-order valence-electron chi connectivity index (χ1n) is 9.56. The Balaban J connectivity index is 1.78. The fourth-order valence-electron chi connectivity index (χ4n) is 3.45. The number of nitrogens with zero attached hydrogens (tertiary/aromatic N) is 1. The zero-order valence-electron chi connectivity index (χ0n) is 16.7. The fraction of sp³-hybridized carbons (Fsp3) is 0.0833. The third-order valence-electron chi connectivity index (χ3n) is 5.05. The van der Waals surface area contributed by atoms with Crippen molar-refractivity contribution in [3.8, 4) is 0 Å². The minimum atomic E-state index is -4.52. The topological polar surface area (TPSA) is 49.4 Å². The minimum Gasteiger partial charge on any atom is -0.350 e. The van der Waals surface area contributed by atoms with Crippen LogP contribution in [-0.4, -0.2) is 11.8 Å². The van der Waals surface area contributed by atoms with Crippen molar-refractivity contribution in [3.05, 3.63) is 100 Å². The molecular weight excluding hydrogens is 441 g/mol. The first kappa shape index (κ1) is 21.6. The summed E-state index contributed by atoms with van der Waals surface area (Å²) in [5.41, 5.74) is 1.18. The van der Waals surface area contributed by atoms with Crippen LogP contribution >= 0.6 is 11.6 Å². The predicted octanol–water partition coefficient (Wildman–Crippen LogP) is 6.06. The second kappa shape index (κ2) is 8.16. The molecule has 0 unspecified atom stereocenters. The van der Waals surface area contributed by atoms with E-state index in [0.29, 0.717) is 16.3 Å². The van der Waals surface area contributed by atoms with Crippen molar-refractivity contribution in [2.75, 3.05) is 10.2 Å². The summed E-state index contributed by atoms with van der Waals surface area (Å²) in [7, 11) is 0. The molecule has 0 radical (unpaired) electrons. The number of anilines is 2. The third-order valence-corrected chi connectivity index (χ3v) is 5.28. The molecule has 4 rings (SSSR count). The van der Waals surface area contributed by atoms with Gasteiger partial charge in [0.05, 0.1) is 16.8 Å². The SMILES string of the molecule is Cc1cc(Cl)ccc1NC1=C(c2ccccc2)C(=O)N(c2ccc(C(F)(F)F)cc2)C1=O. The summed E-state index contributed by atoms with van der Waals surface area (Å²) in [6.07, 6.45) is -4.52. The second-order valence-electron chi connectivity index (χ2n) is 7.19. The number of hydrogen-bond acceptors (Lipinski definition) is 3. The van der Waals surface area contributed by atoms with Gasteiger partial charge in [0.1, 0.15) is 5.70 Å². The average molecular weight is 457 g/mol. The second-order valence-corrected chi connectivity index (χ2v) is 7.63. The standard InChI is InChI=1S/C24H16ClF3N2O2/c1-14-13-17(25)9-12-19(14)29-21-20(15-5-3-2-4-6-15)22(31)30(23(21)32)18-10-7-16(8-11-18)24(26,27)28/h2-13,29H,1H3. The minimum absolute atomic E-state index is 0.0338. The van der Waals surface area contributed by atoms with Crippen LogP contribution in [0.2, 0.25) is 5.02 Å². The number of halogens is 4. The van der Waals surface area contributed by atoms with Crippen molar-refractivity contribution in [2.24, 2.45) is 0 Å². The first-order valence-corrected chi connectivity index (χ1v) is 9.93. The van der Waals surface area contributed by atoms with Crippen molar-refractivity contribution in [3.63, 3.8) is 0 Å². The van der Waals surface area contributed by atoms with E-state index in [4.69, 9.17) is 11.6 Å². The van der Waals surface area contributed by atoms with E-state index in [1.165, 1.54) is 0 Å². The molecule has 3 aromatic rings. The monoisotopic (exact) mass is 456 g/mol. The van der Waals surface area contributed by atoms with Crippen molar-refractivity contribution in [2.45, 2.75) is 13.1 Å². The number of alkyl halides is 3. The molecule has 0 aromatic heterocycles. The van der Waals surface area contributed by atoms with E-state index < -0.39 is 23.6 Å². The van der Waals surface area contributed by atoms with Gasteiger partial charge in [0.15, 0.2) is 0 Å². The van der Waals surface area contributed by atoms with Gasteiger partial charge in [-0.2, -0.15) is 13.2 Å². The molecule has 0 saturated heterocycles. The van der Waals surface area contributed by atoms with E-state index in [-0.39, 0.29) is 17.0 Å². The van der Waals surface area contributed by atoms with Gasteiger partial charge in [0.2, 0.25) is 0 Å². The van der Waals surface area contributed by atoms with Crippen LogP contribution in [0.4, 0.5) is 24.5 Å². The molecule has 0 aliphatic carbocycles. The smallest absolute Gasteiger partial charge is 0.350 e. The summed E-state index contributed by atoms with van der Waals surface area (Å²) in [5.74, 6) is -1.29. The first-order chi connectivity index (χ1) is 15.2. The van der Waals surface area contributed by atoms with Crippen molar-refractivity contribution in [1.82, 2.24) is 0 Å². The van der Waals surface area contributed by atoms with Gasteiger partial charge in [-0.15, -0.1) is 0 Å².